The van der Waals surface area contributed by atoms with Crippen molar-refractivity contribution in [2.75, 3.05) is 5.32 Å². The van der Waals surface area contributed by atoms with Gasteiger partial charge in [0.05, 0.1) is 0 Å². The van der Waals surface area contributed by atoms with E-state index in [4.69, 9.17) is 5.26 Å². The predicted molar refractivity (Wildman–Crippen MR) is 69.9 cm³/mol. The summed E-state index contributed by atoms with van der Waals surface area (Å²) in [6.45, 7) is 0. The Hall–Kier alpha value is -2.68. The molecule has 1 aliphatic carbocycles. The number of H-pyrrole nitrogens is 1. The average Bonchev–Trinajstić information content (AvgIpc) is 3.10. The Bertz CT molecular complexity index is 650. The summed E-state index contributed by atoms with van der Waals surface area (Å²) in [6, 6.07) is 8.33. The number of aromatic nitrogens is 4. The third-order valence-electron chi connectivity index (χ3n) is 3.19. The standard InChI is InChI=1S/C13H12N6/c14-7-11(13-16-18-19-17-13)8-15-12-5-4-9-2-1-3-10(9)6-12/h4-6,8,15H,1-3H2,(H,16,17,18,19). The molecule has 0 unspecified atom stereocenters. The molecule has 19 heavy (non-hydrogen) atoms. The molecular weight excluding hydrogens is 240 g/mol. The summed E-state index contributed by atoms with van der Waals surface area (Å²) in [7, 11) is 0. The molecule has 0 saturated heterocycles. The number of nitrogens with one attached hydrogen (secondary N) is 2. The first-order chi connectivity index (χ1) is 9.36. The second-order valence-electron chi connectivity index (χ2n) is 4.39. The largest absolute Gasteiger partial charge is 0.360 e. The summed E-state index contributed by atoms with van der Waals surface area (Å²) in [5, 5.41) is 25.5. The number of rotatable bonds is 3. The fourth-order valence-corrected chi connectivity index (χ4v) is 2.24. The topological polar surface area (TPSA) is 90.3 Å². The number of tetrazole rings is 1. The van der Waals surface area contributed by atoms with Crippen LogP contribution in [0.3, 0.4) is 0 Å². The number of allylic oxidation sites excluding steroid dienone is 1. The first-order valence-electron chi connectivity index (χ1n) is 6.09. The number of benzene rings is 1. The van der Waals surface area contributed by atoms with Gasteiger partial charge >= 0.3 is 0 Å². The van der Waals surface area contributed by atoms with Crippen LogP contribution in [0, 0.1) is 11.3 Å². The molecule has 0 saturated carbocycles. The van der Waals surface area contributed by atoms with Crippen LogP contribution in [-0.2, 0) is 12.8 Å². The summed E-state index contributed by atoms with van der Waals surface area (Å²) in [4.78, 5) is 0. The molecule has 0 aliphatic heterocycles. The molecule has 1 aliphatic rings. The Morgan fingerprint density at radius 2 is 2.26 bits per heavy atom. The molecule has 94 valence electrons. The first-order valence-corrected chi connectivity index (χ1v) is 6.09. The zero-order chi connectivity index (χ0) is 13.1. The van der Waals surface area contributed by atoms with Gasteiger partial charge in [-0.1, -0.05) is 6.07 Å². The number of nitrogens with zero attached hydrogens (tertiary/aromatic N) is 4. The lowest BCUT2D eigenvalue weighted by molar-refractivity contribution is 0.881. The summed E-state index contributed by atoms with van der Waals surface area (Å²) >= 11 is 0. The van der Waals surface area contributed by atoms with E-state index in [1.54, 1.807) is 6.20 Å². The van der Waals surface area contributed by atoms with Crippen LogP contribution in [0.5, 0.6) is 0 Å². The number of hydrogen-bond acceptors (Lipinski definition) is 5. The minimum atomic E-state index is 0.288. The average molecular weight is 252 g/mol. The van der Waals surface area contributed by atoms with Crippen molar-refractivity contribution in [1.82, 2.24) is 20.6 Å². The molecule has 0 fully saturated rings. The Labute approximate surface area is 110 Å². The molecule has 0 spiro atoms. The number of anilines is 1. The highest BCUT2D eigenvalue weighted by Gasteiger charge is 2.10. The van der Waals surface area contributed by atoms with E-state index in [9.17, 15) is 0 Å². The van der Waals surface area contributed by atoms with Gasteiger partial charge in [0.1, 0.15) is 11.6 Å². The molecule has 1 heterocycles. The van der Waals surface area contributed by atoms with Crippen molar-refractivity contribution in [1.29, 1.82) is 5.26 Å². The summed E-state index contributed by atoms with van der Waals surface area (Å²) in [5.74, 6) is 0.288. The van der Waals surface area contributed by atoms with E-state index in [2.05, 4.69) is 38.1 Å². The molecule has 2 aromatic rings. The predicted octanol–water partition coefficient (Wildman–Crippen LogP) is 1.66. The van der Waals surface area contributed by atoms with E-state index in [0.717, 1.165) is 18.5 Å². The van der Waals surface area contributed by atoms with Gasteiger partial charge in [-0.25, -0.2) is 0 Å². The lowest BCUT2D eigenvalue weighted by Crippen LogP contribution is -1.94. The van der Waals surface area contributed by atoms with Crippen molar-refractivity contribution in [2.45, 2.75) is 19.3 Å². The second-order valence-corrected chi connectivity index (χ2v) is 4.39. The molecule has 0 amide bonds. The molecule has 3 rings (SSSR count). The van der Waals surface area contributed by atoms with E-state index >= 15 is 0 Å². The van der Waals surface area contributed by atoms with Crippen LogP contribution in [0.4, 0.5) is 5.69 Å². The molecular formula is C13H12N6. The van der Waals surface area contributed by atoms with Crippen molar-refractivity contribution in [3.8, 4) is 6.07 Å². The van der Waals surface area contributed by atoms with Gasteiger partial charge in [-0.15, -0.1) is 10.2 Å². The maximum Gasteiger partial charge on any atom is 0.216 e. The smallest absolute Gasteiger partial charge is 0.216 e. The fraction of sp³-hybridized carbons (Fsp3) is 0.231. The van der Waals surface area contributed by atoms with Crippen molar-refractivity contribution < 1.29 is 0 Å². The molecule has 0 radical (unpaired) electrons. The van der Waals surface area contributed by atoms with Crippen LogP contribution >= 0.6 is 0 Å². The lowest BCUT2D eigenvalue weighted by Gasteiger charge is -2.04. The minimum Gasteiger partial charge on any atom is -0.360 e. The van der Waals surface area contributed by atoms with Gasteiger partial charge in [-0.2, -0.15) is 10.5 Å². The van der Waals surface area contributed by atoms with E-state index in [-0.39, 0.29) is 5.82 Å². The van der Waals surface area contributed by atoms with E-state index in [1.807, 2.05) is 12.1 Å². The zero-order valence-corrected chi connectivity index (χ0v) is 10.2. The third kappa shape index (κ3) is 2.31. The van der Waals surface area contributed by atoms with Crippen LogP contribution in [0.25, 0.3) is 5.57 Å². The maximum atomic E-state index is 9.05. The first kappa shape index (κ1) is 11.4. The fourth-order valence-electron chi connectivity index (χ4n) is 2.24. The van der Waals surface area contributed by atoms with E-state index in [0.29, 0.717) is 5.57 Å². The van der Waals surface area contributed by atoms with Gasteiger partial charge in [0, 0.05) is 11.9 Å². The van der Waals surface area contributed by atoms with Gasteiger partial charge in [0.2, 0.25) is 5.82 Å². The molecule has 0 atom stereocenters. The van der Waals surface area contributed by atoms with Gasteiger partial charge in [-0.3, -0.25) is 0 Å². The van der Waals surface area contributed by atoms with Crippen LogP contribution in [0.15, 0.2) is 24.4 Å². The van der Waals surface area contributed by atoms with Crippen LogP contribution in [0.2, 0.25) is 0 Å². The second kappa shape index (κ2) is 4.90. The summed E-state index contributed by atoms with van der Waals surface area (Å²) in [6.07, 6.45) is 5.12. The van der Waals surface area contributed by atoms with Crippen LogP contribution in [0.1, 0.15) is 23.4 Å². The number of nitriles is 1. The van der Waals surface area contributed by atoms with Crippen molar-refractivity contribution in [2.24, 2.45) is 0 Å². The Morgan fingerprint density at radius 3 is 3.05 bits per heavy atom. The van der Waals surface area contributed by atoms with Gasteiger partial charge < -0.3 is 5.32 Å². The molecule has 0 bridgehead atoms. The minimum absolute atomic E-state index is 0.288. The van der Waals surface area contributed by atoms with Crippen LogP contribution in [-0.4, -0.2) is 20.6 Å². The van der Waals surface area contributed by atoms with Crippen molar-refractivity contribution in [3.05, 3.63) is 41.4 Å². The summed E-state index contributed by atoms with van der Waals surface area (Å²) in [5.41, 5.74) is 4.12. The zero-order valence-electron chi connectivity index (χ0n) is 10.2. The molecule has 2 N–H and O–H groups in total. The third-order valence-corrected chi connectivity index (χ3v) is 3.19. The maximum absolute atomic E-state index is 9.05. The monoisotopic (exact) mass is 252 g/mol. The lowest BCUT2D eigenvalue weighted by atomic mass is 10.1. The normalized spacial score (nSPS) is 13.9. The molecule has 6 heteroatoms. The Kier molecular flexibility index (Phi) is 2.94. The molecule has 1 aromatic carbocycles. The van der Waals surface area contributed by atoms with E-state index < -0.39 is 0 Å². The molecule has 1 aromatic heterocycles. The SMILES string of the molecule is N#CC(=CNc1ccc2c(c1)CCC2)c1nn[nH]n1. The summed E-state index contributed by atoms with van der Waals surface area (Å²) < 4.78 is 0. The Balaban J connectivity index is 1.80. The quantitative estimate of drug-likeness (QED) is 0.811. The van der Waals surface area contributed by atoms with Crippen molar-refractivity contribution in [3.63, 3.8) is 0 Å². The number of aromatic amines is 1. The number of fused-ring (bicyclic) bond motifs is 1. The van der Waals surface area contributed by atoms with Gasteiger partial charge in [-0.05, 0) is 47.7 Å². The highest BCUT2D eigenvalue weighted by molar-refractivity contribution is 5.74. The molecule has 6 nitrogen and oxygen atoms in total. The van der Waals surface area contributed by atoms with Gasteiger partial charge in [0.25, 0.3) is 0 Å². The Morgan fingerprint density at radius 1 is 1.37 bits per heavy atom. The number of aryl methyl sites for hydroxylation is 2. The van der Waals surface area contributed by atoms with E-state index in [1.165, 1.54) is 17.5 Å². The van der Waals surface area contributed by atoms with Gasteiger partial charge in [0.15, 0.2) is 0 Å². The number of hydrogen-bond donors (Lipinski definition) is 2. The highest BCUT2D eigenvalue weighted by Crippen LogP contribution is 2.25. The van der Waals surface area contributed by atoms with Crippen LogP contribution < -0.4 is 5.32 Å². The highest BCUT2D eigenvalue weighted by atomic mass is 15.5. The van der Waals surface area contributed by atoms with Crippen molar-refractivity contribution >= 4 is 11.3 Å².